The van der Waals surface area contributed by atoms with Gasteiger partial charge in [-0.15, -0.1) is 0 Å². The second-order valence-corrected chi connectivity index (χ2v) is 6.19. The van der Waals surface area contributed by atoms with Crippen molar-refractivity contribution in [2.24, 2.45) is 0 Å². The van der Waals surface area contributed by atoms with Crippen LogP contribution >= 0.6 is 0 Å². The smallest absolute Gasteiger partial charge is 0.153 e. The van der Waals surface area contributed by atoms with Crippen LogP contribution in [0.25, 0.3) is 21.8 Å². The normalized spacial score (nSPS) is 14.1. The summed E-state index contributed by atoms with van der Waals surface area (Å²) in [5.41, 5.74) is 2.64. The molecular formula is C13H13N3O2S. The first-order valence-corrected chi connectivity index (χ1v) is 6.83. The zero-order valence-electron chi connectivity index (χ0n) is 10.6. The van der Waals surface area contributed by atoms with Gasteiger partial charge in [0.25, 0.3) is 0 Å². The summed E-state index contributed by atoms with van der Waals surface area (Å²) in [5, 5.41) is 2.05. The van der Waals surface area contributed by atoms with E-state index in [0.717, 1.165) is 27.5 Å². The van der Waals surface area contributed by atoms with Gasteiger partial charge in [-0.3, -0.25) is 4.98 Å². The van der Waals surface area contributed by atoms with Crippen LogP contribution < -0.4 is 3.89 Å². The van der Waals surface area contributed by atoms with Crippen LogP contribution in [0.1, 0.15) is 0 Å². The molecule has 0 spiro atoms. The molecule has 0 saturated heterocycles. The third kappa shape index (κ3) is 1.85. The Kier molecular flexibility index (Phi) is 2.67. The highest BCUT2D eigenvalue weighted by Gasteiger charge is 2.21. The summed E-state index contributed by atoms with van der Waals surface area (Å²) >= 11 is -2.23. The van der Waals surface area contributed by atoms with Crippen molar-refractivity contribution in [3.05, 3.63) is 36.7 Å². The molecule has 0 aliphatic carbocycles. The van der Waals surface area contributed by atoms with Crippen LogP contribution in [0.2, 0.25) is 0 Å². The number of nitrogens with zero attached hydrogens (tertiary/aromatic N) is 2. The van der Waals surface area contributed by atoms with Crippen molar-refractivity contribution in [3.63, 3.8) is 0 Å². The van der Waals surface area contributed by atoms with Crippen molar-refractivity contribution in [2.45, 2.75) is 0 Å². The lowest BCUT2D eigenvalue weighted by Gasteiger charge is -2.29. The van der Waals surface area contributed by atoms with Crippen molar-refractivity contribution in [1.29, 1.82) is 0 Å². The standard InChI is InChI=1S/C13H13N3O2S/c1-16(2,19(17)18)9-3-4-12-11(7-9)10-5-6-14-8-13(10)15-12/h3-8,15H,1-2H3. The van der Waals surface area contributed by atoms with Gasteiger partial charge < -0.3 is 9.54 Å². The van der Waals surface area contributed by atoms with E-state index in [2.05, 4.69) is 9.97 Å². The lowest BCUT2D eigenvalue weighted by molar-refractivity contribution is 0.465. The Hall–Kier alpha value is -1.76. The summed E-state index contributed by atoms with van der Waals surface area (Å²) in [5.74, 6) is 0. The van der Waals surface area contributed by atoms with Gasteiger partial charge in [0.05, 0.1) is 25.8 Å². The van der Waals surface area contributed by atoms with Gasteiger partial charge in [0.2, 0.25) is 0 Å². The quantitative estimate of drug-likeness (QED) is 0.575. The zero-order valence-corrected chi connectivity index (χ0v) is 11.4. The summed E-state index contributed by atoms with van der Waals surface area (Å²) < 4.78 is 22.4. The Morgan fingerprint density at radius 1 is 1.21 bits per heavy atom. The first kappa shape index (κ1) is 12.3. The SMILES string of the molecule is C[N+](C)(c1ccc2[nH]c3cnccc3c2c1)S(=O)[O-]. The third-order valence-corrected chi connectivity index (χ3v) is 4.33. The van der Waals surface area contributed by atoms with E-state index in [-0.39, 0.29) is 3.89 Å². The molecule has 1 unspecified atom stereocenters. The first-order chi connectivity index (χ1) is 9.00. The van der Waals surface area contributed by atoms with Crippen LogP contribution in [0.5, 0.6) is 0 Å². The van der Waals surface area contributed by atoms with E-state index in [0.29, 0.717) is 0 Å². The third-order valence-electron chi connectivity index (χ3n) is 3.38. The second kappa shape index (κ2) is 4.12. The summed E-state index contributed by atoms with van der Waals surface area (Å²) in [6.07, 6.45) is 3.49. The van der Waals surface area contributed by atoms with E-state index >= 15 is 0 Å². The number of rotatable bonds is 2. The predicted molar refractivity (Wildman–Crippen MR) is 76.2 cm³/mol. The predicted octanol–water partition coefficient (Wildman–Crippen LogP) is 2.08. The largest absolute Gasteiger partial charge is 0.724 e. The number of aromatic nitrogens is 2. The summed E-state index contributed by atoms with van der Waals surface area (Å²) in [6, 6.07) is 7.55. The monoisotopic (exact) mass is 275 g/mol. The minimum atomic E-state index is -2.23. The molecule has 3 aromatic rings. The van der Waals surface area contributed by atoms with E-state index in [1.165, 1.54) is 0 Å². The number of nitrogens with one attached hydrogen (secondary N) is 1. The molecule has 1 atom stereocenters. The second-order valence-electron chi connectivity index (χ2n) is 4.84. The van der Waals surface area contributed by atoms with E-state index in [9.17, 15) is 8.76 Å². The molecule has 0 radical (unpaired) electrons. The molecule has 2 aromatic heterocycles. The first-order valence-electron chi connectivity index (χ1n) is 5.80. The van der Waals surface area contributed by atoms with Crippen LogP contribution in [-0.4, -0.2) is 32.8 Å². The number of quaternary nitrogens is 1. The Balaban J connectivity index is 2.31. The molecule has 0 aliphatic rings. The minimum absolute atomic E-state index is 0.201. The van der Waals surface area contributed by atoms with E-state index in [1.54, 1.807) is 26.5 Å². The van der Waals surface area contributed by atoms with Gasteiger partial charge in [-0.1, -0.05) is 0 Å². The zero-order chi connectivity index (χ0) is 13.6. The van der Waals surface area contributed by atoms with Crippen LogP contribution in [0.15, 0.2) is 36.7 Å². The molecule has 0 amide bonds. The van der Waals surface area contributed by atoms with Crippen molar-refractivity contribution >= 4 is 38.8 Å². The summed E-state index contributed by atoms with van der Waals surface area (Å²) in [7, 11) is 3.28. The fourth-order valence-corrected chi connectivity index (χ4v) is 2.44. The van der Waals surface area contributed by atoms with Gasteiger partial charge in [0.15, 0.2) is 11.3 Å². The molecule has 2 heterocycles. The Labute approximate surface area is 112 Å². The van der Waals surface area contributed by atoms with E-state index < -0.39 is 11.3 Å². The molecule has 1 aromatic carbocycles. The van der Waals surface area contributed by atoms with E-state index in [1.807, 2.05) is 24.3 Å². The number of aromatic amines is 1. The number of benzene rings is 1. The Morgan fingerprint density at radius 3 is 2.74 bits per heavy atom. The van der Waals surface area contributed by atoms with Crippen LogP contribution in [0.3, 0.4) is 0 Å². The number of pyridine rings is 1. The Morgan fingerprint density at radius 2 is 2.00 bits per heavy atom. The van der Waals surface area contributed by atoms with Crippen molar-refractivity contribution < 1.29 is 8.76 Å². The lowest BCUT2D eigenvalue weighted by Crippen LogP contribution is -2.41. The summed E-state index contributed by atoms with van der Waals surface area (Å²) in [6.45, 7) is 0. The molecule has 0 fully saturated rings. The highest BCUT2D eigenvalue weighted by atomic mass is 32.2. The van der Waals surface area contributed by atoms with Gasteiger partial charge in [-0.25, -0.2) is 8.10 Å². The Bertz CT molecular complexity index is 795. The van der Waals surface area contributed by atoms with Gasteiger partial charge in [-0.2, -0.15) is 0 Å². The maximum absolute atomic E-state index is 11.3. The van der Waals surface area contributed by atoms with Crippen LogP contribution in [0, 0.1) is 0 Å². The highest BCUT2D eigenvalue weighted by molar-refractivity contribution is 7.78. The molecule has 6 heteroatoms. The number of H-pyrrole nitrogens is 1. The highest BCUT2D eigenvalue weighted by Crippen LogP contribution is 2.30. The van der Waals surface area contributed by atoms with E-state index in [4.69, 9.17) is 0 Å². The molecule has 0 bridgehead atoms. The molecule has 0 aliphatic heterocycles. The molecule has 0 saturated carbocycles. The van der Waals surface area contributed by atoms with Crippen molar-refractivity contribution in [3.8, 4) is 0 Å². The fourth-order valence-electron chi connectivity index (χ4n) is 2.16. The van der Waals surface area contributed by atoms with Gasteiger partial charge in [0.1, 0.15) is 5.69 Å². The fraction of sp³-hybridized carbons (Fsp3) is 0.154. The van der Waals surface area contributed by atoms with Gasteiger partial charge in [0, 0.05) is 34.6 Å². The van der Waals surface area contributed by atoms with Crippen LogP contribution in [0.4, 0.5) is 5.69 Å². The van der Waals surface area contributed by atoms with Gasteiger partial charge >= 0.3 is 0 Å². The topological polar surface area (TPSA) is 68.8 Å². The maximum atomic E-state index is 11.3. The average molecular weight is 275 g/mol. The number of fused-ring (bicyclic) bond motifs is 3. The minimum Gasteiger partial charge on any atom is -0.724 e. The molecule has 1 N–H and O–H groups in total. The van der Waals surface area contributed by atoms with Crippen LogP contribution in [-0.2, 0) is 11.3 Å². The number of hydrogen-bond acceptors (Lipinski definition) is 3. The lowest BCUT2D eigenvalue weighted by atomic mass is 10.1. The molecule has 3 rings (SSSR count). The average Bonchev–Trinajstić information content (AvgIpc) is 2.76. The van der Waals surface area contributed by atoms with Crippen molar-refractivity contribution in [2.75, 3.05) is 14.1 Å². The van der Waals surface area contributed by atoms with Crippen molar-refractivity contribution in [1.82, 2.24) is 13.9 Å². The number of hydrogen-bond donors (Lipinski definition) is 1. The molecule has 19 heavy (non-hydrogen) atoms. The molecule has 98 valence electrons. The van der Waals surface area contributed by atoms with Gasteiger partial charge in [-0.05, 0) is 12.1 Å². The summed E-state index contributed by atoms with van der Waals surface area (Å²) in [4.78, 5) is 7.34. The maximum Gasteiger partial charge on any atom is 0.153 e. The molecule has 5 nitrogen and oxygen atoms in total. The molecular weight excluding hydrogens is 262 g/mol.